The van der Waals surface area contributed by atoms with Crippen LogP contribution in [0.3, 0.4) is 0 Å². The number of hydrogen-bond acceptors (Lipinski definition) is 6. The van der Waals surface area contributed by atoms with Crippen molar-refractivity contribution in [2.75, 3.05) is 6.61 Å². The van der Waals surface area contributed by atoms with Gasteiger partial charge in [0.25, 0.3) is 11.8 Å². The second kappa shape index (κ2) is 11.3. The normalized spacial score (nSPS) is 10.9. The lowest BCUT2D eigenvalue weighted by atomic mass is 9.96. The van der Waals surface area contributed by atoms with Crippen LogP contribution in [0.1, 0.15) is 52.2 Å². The van der Waals surface area contributed by atoms with E-state index in [1.165, 1.54) is 24.3 Å². The van der Waals surface area contributed by atoms with Crippen LogP contribution < -0.4 is 10.1 Å². The van der Waals surface area contributed by atoms with Gasteiger partial charge < -0.3 is 9.47 Å². The van der Waals surface area contributed by atoms with Crippen molar-refractivity contribution in [2.45, 2.75) is 39.7 Å². The molecule has 0 aliphatic rings. The van der Waals surface area contributed by atoms with E-state index in [9.17, 15) is 23.2 Å². The Morgan fingerprint density at radius 2 is 1.74 bits per heavy atom. The van der Waals surface area contributed by atoms with Crippen LogP contribution >= 0.6 is 0 Å². The third-order valence-electron chi connectivity index (χ3n) is 5.05. The number of aryl methyl sites for hydroxylation is 1. The molecule has 7 nitrogen and oxygen atoms in total. The second-order valence-corrected chi connectivity index (χ2v) is 7.39. The van der Waals surface area contributed by atoms with Gasteiger partial charge in [-0.05, 0) is 48.7 Å². The SMILES string of the molecule is CCCc1nc2ccccc2c(C(=O)OCC(=O)NC(=O)c2ccc(OC(F)F)cc2)c1CC. The Morgan fingerprint density at radius 1 is 1.03 bits per heavy atom. The Labute approximate surface area is 195 Å². The van der Waals surface area contributed by atoms with Crippen LogP contribution in [0.15, 0.2) is 48.5 Å². The van der Waals surface area contributed by atoms with E-state index in [4.69, 9.17) is 4.74 Å². The van der Waals surface area contributed by atoms with Crippen molar-refractivity contribution in [3.63, 3.8) is 0 Å². The number of aromatic nitrogens is 1. The molecule has 2 amide bonds. The van der Waals surface area contributed by atoms with Gasteiger partial charge in [0, 0.05) is 16.6 Å². The van der Waals surface area contributed by atoms with Crippen LogP contribution in [0.4, 0.5) is 8.78 Å². The fourth-order valence-electron chi connectivity index (χ4n) is 3.59. The zero-order chi connectivity index (χ0) is 24.7. The van der Waals surface area contributed by atoms with Crippen LogP contribution in [0.5, 0.6) is 5.75 Å². The van der Waals surface area contributed by atoms with E-state index in [-0.39, 0.29) is 11.3 Å². The number of benzene rings is 2. The molecule has 0 atom stereocenters. The number of imide groups is 1. The molecule has 0 unspecified atom stereocenters. The number of pyridine rings is 1. The molecule has 1 N–H and O–H groups in total. The average molecular weight is 470 g/mol. The first-order valence-electron chi connectivity index (χ1n) is 10.8. The van der Waals surface area contributed by atoms with Crippen molar-refractivity contribution in [1.29, 1.82) is 0 Å². The lowest BCUT2D eigenvalue weighted by Crippen LogP contribution is -2.34. The first-order chi connectivity index (χ1) is 16.3. The maximum atomic E-state index is 13.0. The highest BCUT2D eigenvalue weighted by Crippen LogP contribution is 2.26. The van der Waals surface area contributed by atoms with Crippen molar-refractivity contribution in [2.24, 2.45) is 0 Å². The van der Waals surface area contributed by atoms with Crippen molar-refractivity contribution in [3.8, 4) is 5.75 Å². The van der Waals surface area contributed by atoms with Gasteiger partial charge in [-0.3, -0.25) is 19.9 Å². The third kappa shape index (κ3) is 5.92. The summed E-state index contributed by atoms with van der Waals surface area (Å²) in [5.41, 5.74) is 2.67. The number of halogens is 2. The molecule has 1 heterocycles. The quantitative estimate of drug-likeness (QED) is 0.464. The van der Waals surface area contributed by atoms with E-state index < -0.39 is 31.0 Å². The summed E-state index contributed by atoms with van der Waals surface area (Å²) >= 11 is 0. The Balaban J connectivity index is 1.70. The lowest BCUT2D eigenvalue weighted by molar-refractivity contribution is -0.123. The highest BCUT2D eigenvalue weighted by Gasteiger charge is 2.22. The number of amides is 2. The van der Waals surface area contributed by atoms with Gasteiger partial charge >= 0.3 is 12.6 Å². The number of nitrogens with one attached hydrogen (secondary N) is 1. The molecular weight excluding hydrogens is 446 g/mol. The Morgan fingerprint density at radius 3 is 2.38 bits per heavy atom. The van der Waals surface area contributed by atoms with Crippen molar-refractivity contribution in [3.05, 3.63) is 70.9 Å². The molecule has 34 heavy (non-hydrogen) atoms. The summed E-state index contributed by atoms with van der Waals surface area (Å²) in [6.07, 6.45) is 2.12. The van der Waals surface area contributed by atoms with Gasteiger partial charge in [-0.2, -0.15) is 8.78 Å². The van der Waals surface area contributed by atoms with E-state index in [0.717, 1.165) is 17.7 Å². The average Bonchev–Trinajstić information content (AvgIpc) is 2.82. The molecule has 0 bridgehead atoms. The van der Waals surface area contributed by atoms with Crippen LogP contribution in [0.25, 0.3) is 10.9 Å². The molecule has 0 saturated carbocycles. The molecule has 0 spiro atoms. The molecule has 3 aromatic rings. The van der Waals surface area contributed by atoms with Crippen molar-refractivity contribution < 1.29 is 32.6 Å². The van der Waals surface area contributed by atoms with E-state index in [2.05, 4.69) is 15.0 Å². The maximum absolute atomic E-state index is 13.0. The predicted octanol–water partition coefficient (Wildman–Crippen LogP) is 4.46. The number of alkyl halides is 2. The number of fused-ring (bicyclic) bond motifs is 1. The highest BCUT2D eigenvalue weighted by atomic mass is 19.3. The fourth-order valence-corrected chi connectivity index (χ4v) is 3.59. The number of rotatable bonds is 9. The summed E-state index contributed by atoms with van der Waals surface area (Å²) in [4.78, 5) is 42.1. The highest BCUT2D eigenvalue weighted by molar-refractivity contribution is 6.07. The monoisotopic (exact) mass is 470 g/mol. The van der Waals surface area contributed by atoms with Crippen LogP contribution in [0, 0.1) is 0 Å². The summed E-state index contributed by atoms with van der Waals surface area (Å²) in [7, 11) is 0. The van der Waals surface area contributed by atoms with Crippen LogP contribution in [-0.2, 0) is 22.4 Å². The Bertz CT molecular complexity index is 1200. The maximum Gasteiger partial charge on any atom is 0.387 e. The molecular formula is C25H24F2N2O5. The number of carbonyl (C=O) groups excluding carboxylic acids is 3. The minimum atomic E-state index is -2.99. The summed E-state index contributed by atoms with van der Waals surface area (Å²) < 4.78 is 33.9. The topological polar surface area (TPSA) is 94.6 Å². The van der Waals surface area contributed by atoms with Gasteiger partial charge in [0.2, 0.25) is 0 Å². The van der Waals surface area contributed by atoms with Gasteiger partial charge in [0.15, 0.2) is 6.61 Å². The number of hydrogen-bond donors (Lipinski definition) is 1. The van der Waals surface area contributed by atoms with E-state index in [1.807, 2.05) is 26.0 Å². The minimum absolute atomic E-state index is 0.0545. The summed E-state index contributed by atoms with van der Waals surface area (Å²) in [5, 5.41) is 2.74. The van der Waals surface area contributed by atoms with Gasteiger partial charge in [0.1, 0.15) is 5.75 Å². The third-order valence-corrected chi connectivity index (χ3v) is 5.05. The minimum Gasteiger partial charge on any atom is -0.452 e. The summed E-state index contributed by atoms with van der Waals surface area (Å²) in [6.45, 7) is 0.291. The molecule has 0 aliphatic carbocycles. The molecule has 0 aliphatic heterocycles. The Hall–Kier alpha value is -3.88. The largest absolute Gasteiger partial charge is 0.452 e. The number of carbonyl (C=O) groups is 3. The number of ether oxygens (including phenoxy) is 2. The number of esters is 1. The molecule has 0 radical (unpaired) electrons. The van der Waals surface area contributed by atoms with Gasteiger partial charge in [-0.1, -0.05) is 38.5 Å². The smallest absolute Gasteiger partial charge is 0.387 e. The first-order valence-corrected chi connectivity index (χ1v) is 10.8. The van der Waals surface area contributed by atoms with Crippen LogP contribution in [0.2, 0.25) is 0 Å². The zero-order valence-electron chi connectivity index (χ0n) is 18.8. The lowest BCUT2D eigenvalue weighted by Gasteiger charge is -2.15. The molecule has 9 heteroatoms. The van der Waals surface area contributed by atoms with Gasteiger partial charge in [0.05, 0.1) is 11.1 Å². The van der Waals surface area contributed by atoms with Crippen LogP contribution in [-0.4, -0.2) is 36.0 Å². The zero-order valence-corrected chi connectivity index (χ0v) is 18.8. The Kier molecular flexibility index (Phi) is 8.24. The predicted molar refractivity (Wildman–Crippen MR) is 121 cm³/mol. The van der Waals surface area contributed by atoms with Gasteiger partial charge in [-0.15, -0.1) is 0 Å². The summed E-state index contributed by atoms with van der Waals surface area (Å²) in [6, 6.07) is 12.0. The molecule has 0 saturated heterocycles. The molecule has 0 fully saturated rings. The fraction of sp³-hybridized carbons (Fsp3) is 0.280. The van der Waals surface area contributed by atoms with E-state index in [1.54, 1.807) is 12.1 Å². The molecule has 1 aromatic heterocycles. The van der Waals surface area contributed by atoms with E-state index >= 15 is 0 Å². The van der Waals surface area contributed by atoms with Crippen molar-refractivity contribution in [1.82, 2.24) is 10.3 Å². The molecule has 2 aromatic carbocycles. The molecule has 3 rings (SSSR count). The number of para-hydroxylation sites is 1. The first kappa shape index (κ1) is 24.8. The summed E-state index contributed by atoms with van der Waals surface area (Å²) in [5.74, 6) is -2.38. The standard InChI is InChI=1S/C25H24F2N2O5/c1-3-7-19-17(4-2)22(18-8-5-6-9-20(18)28-19)24(32)33-14-21(30)29-23(31)15-10-12-16(13-11-15)34-25(26)27/h5-6,8-13,25H,3-4,7,14H2,1-2H3,(H,29,30,31). The molecule has 178 valence electrons. The van der Waals surface area contributed by atoms with Gasteiger partial charge in [-0.25, -0.2) is 4.79 Å². The second-order valence-electron chi connectivity index (χ2n) is 7.39. The number of nitrogens with zero attached hydrogens (tertiary/aromatic N) is 1. The van der Waals surface area contributed by atoms with Crippen molar-refractivity contribution >= 4 is 28.7 Å². The van der Waals surface area contributed by atoms with E-state index in [0.29, 0.717) is 29.3 Å².